The molecule has 0 amide bonds. The van der Waals surface area contributed by atoms with Gasteiger partial charge in [-0.2, -0.15) is 0 Å². The fourth-order valence-corrected chi connectivity index (χ4v) is 5.17. The second-order valence-electron chi connectivity index (χ2n) is 10.0. The Labute approximate surface area is 199 Å². The van der Waals surface area contributed by atoms with E-state index in [1.807, 2.05) is 28.8 Å². The number of hydrogen-bond donors (Lipinski definition) is 1. The summed E-state index contributed by atoms with van der Waals surface area (Å²) in [5, 5.41) is 9.09. The van der Waals surface area contributed by atoms with Gasteiger partial charge in [0.1, 0.15) is 23.3 Å². The van der Waals surface area contributed by atoms with Gasteiger partial charge < -0.3 is 18.8 Å². The highest BCUT2D eigenvalue weighted by Gasteiger charge is 2.43. The van der Waals surface area contributed by atoms with E-state index < -0.39 is 0 Å². The Balaban J connectivity index is 1.57. The average molecular weight is 465 g/mol. The molecule has 0 spiro atoms. The molecule has 8 heteroatoms. The number of rotatable bonds is 5. The largest absolute Gasteiger partial charge is 0.497 e. The maximum absolute atomic E-state index is 13.4. The van der Waals surface area contributed by atoms with Crippen LogP contribution < -0.4 is 15.0 Å². The van der Waals surface area contributed by atoms with Crippen LogP contribution in [-0.2, 0) is 16.1 Å². The van der Waals surface area contributed by atoms with E-state index in [2.05, 4.69) is 23.7 Å². The molecule has 5 rings (SSSR count). The van der Waals surface area contributed by atoms with Crippen molar-refractivity contribution < 1.29 is 19.0 Å². The number of hydrogen-bond acceptors (Lipinski definition) is 7. The zero-order chi connectivity index (χ0) is 23.9. The van der Waals surface area contributed by atoms with Crippen LogP contribution in [0, 0.1) is 10.8 Å². The molecule has 3 aliphatic rings. The number of carbonyl (C=O) groups is 1. The van der Waals surface area contributed by atoms with Crippen molar-refractivity contribution in [1.29, 1.82) is 5.41 Å². The molecule has 2 aromatic rings. The summed E-state index contributed by atoms with van der Waals surface area (Å²) in [6, 6.07) is 7.74. The maximum Gasteiger partial charge on any atom is 0.228 e. The number of morpholine rings is 1. The molecule has 1 aliphatic carbocycles. The van der Waals surface area contributed by atoms with Crippen molar-refractivity contribution >= 4 is 5.78 Å². The number of benzene rings is 1. The SMILES string of the molecule is COc1ccc([C@H]2C3=C(CC(C)(C)CC3=O)Oc3ncn(CCN4CCOCC4)c(=N)c32)cc1. The second kappa shape index (κ2) is 9.00. The molecule has 1 aromatic heterocycles. The van der Waals surface area contributed by atoms with Crippen LogP contribution in [-0.4, -0.2) is 60.2 Å². The third-order valence-corrected chi connectivity index (χ3v) is 6.97. The monoisotopic (exact) mass is 464 g/mol. The Bertz CT molecular complexity index is 1180. The summed E-state index contributed by atoms with van der Waals surface area (Å²) in [7, 11) is 1.63. The van der Waals surface area contributed by atoms with Gasteiger partial charge in [-0.3, -0.25) is 15.1 Å². The van der Waals surface area contributed by atoms with Crippen molar-refractivity contribution in [1.82, 2.24) is 14.5 Å². The Morgan fingerprint density at radius 2 is 1.88 bits per heavy atom. The molecule has 0 bridgehead atoms. The quantitative estimate of drug-likeness (QED) is 0.732. The van der Waals surface area contributed by atoms with Gasteiger partial charge in [-0.1, -0.05) is 26.0 Å². The molecule has 1 N–H and O–H groups in total. The molecule has 34 heavy (non-hydrogen) atoms. The van der Waals surface area contributed by atoms with Crippen LogP contribution in [0.15, 0.2) is 41.9 Å². The van der Waals surface area contributed by atoms with Gasteiger partial charge in [-0.15, -0.1) is 0 Å². The van der Waals surface area contributed by atoms with Crippen molar-refractivity contribution in [2.75, 3.05) is 40.0 Å². The topological polar surface area (TPSA) is 89.7 Å². The first-order chi connectivity index (χ1) is 16.4. The molecule has 2 aliphatic heterocycles. The van der Waals surface area contributed by atoms with Crippen molar-refractivity contribution in [3.05, 3.63) is 58.5 Å². The first-order valence-corrected chi connectivity index (χ1v) is 11.9. The molecular weight excluding hydrogens is 432 g/mol. The number of nitrogens with zero attached hydrogens (tertiary/aromatic N) is 3. The Hall–Kier alpha value is -2.97. The van der Waals surface area contributed by atoms with Gasteiger partial charge in [0.25, 0.3) is 0 Å². The van der Waals surface area contributed by atoms with E-state index in [-0.39, 0.29) is 17.1 Å². The predicted molar refractivity (Wildman–Crippen MR) is 126 cm³/mol. The molecule has 180 valence electrons. The molecule has 0 radical (unpaired) electrons. The number of ether oxygens (including phenoxy) is 3. The van der Waals surface area contributed by atoms with Crippen molar-refractivity contribution in [3.63, 3.8) is 0 Å². The number of allylic oxidation sites excluding steroid dienone is 2. The van der Waals surface area contributed by atoms with Gasteiger partial charge in [0.2, 0.25) is 5.88 Å². The van der Waals surface area contributed by atoms with Crippen molar-refractivity contribution in [2.45, 2.75) is 39.2 Å². The normalized spacial score (nSPS) is 22.1. The van der Waals surface area contributed by atoms with E-state index in [1.165, 1.54) is 0 Å². The highest BCUT2D eigenvalue weighted by molar-refractivity contribution is 6.00. The summed E-state index contributed by atoms with van der Waals surface area (Å²) >= 11 is 0. The van der Waals surface area contributed by atoms with Gasteiger partial charge in [0.15, 0.2) is 5.78 Å². The molecule has 8 nitrogen and oxygen atoms in total. The van der Waals surface area contributed by atoms with Gasteiger partial charge in [-0.25, -0.2) is 4.98 Å². The van der Waals surface area contributed by atoms with Crippen LogP contribution in [0.3, 0.4) is 0 Å². The number of ketones is 1. The first kappa shape index (κ1) is 22.8. The average Bonchev–Trinajstić information content (AvgIpc) is 2.82. The minimum Gasteiger partial charge on any atom is -0.497 e. The van der Waals surface area contributed by atoms with Gasteiger partial charge in [0.05, 0.1) is 25.9 Å². The van der Waals surface area contributed by atoms with E-state index >= 15 is 0 Å². The number of nitrogens with one attached hydrogen (secondary N) is 1. The van der Waals surface area contributed by atoms with Crippen LogP contribution in [0.1, 0.15) is 43.7 Å². The Kier molecular flexibility index (Phi) is 6.04. The summed E-state index contributed by atoms with van der Waals surface area (Å²) in [6.07, 6.45) is 2.82. The number of Topliss-reactive ketones (excluding diaryl/α,β-unsaturated/α-hetero) is 1. The van der Waals surface area contributed by atoms with Crippen LogP contribution >= 0.6 is 0 Å². The molecule has 0 saturated carbocycles. The molecular formula is C26H32N4O4. The van der Waals surface area contributed by atoms with E-state index in [0.717, 1.165) is 44.2 Å². The number of fused-ring (bicyclic) bond motifs is 1. The number of aromatic nitrogens is 2. The molecule has 1 atom stereocenters. The molecule has 3 heterocycles. The fraction of sp³-hybridized carbons (Fsp3) is 0.500. The van der Waals surface area contributed by atoms with E-state index in [9.17, 15) is 4.79 Å². The minimum absolute atomic E-state index is 0.0841. The molecule has 1 aromatic carbocycles. The van der Waals surface area contributed by atoms with E-state index in [4.69, 9.17) is 19.6 Å². The smallest absolute Gasteiger partial charge is 0.228 e. The second-order valence-corrected chi connectivity index (χ2v) is 10.0. The van der Waals surface area contributed by atoms with Crippen LogP contribution in [0.5, 0.6) is 11.6 Å². The summed E-state index contributed by atoms with van der Waals surface area (Å²) in [5.74, 6) is 1.56. The number of carbonyl (C=O) groups excluding carboxylic acids is 1. The number of methoxy groups -OCH3 is 1. The lowest BCUT2D eigenvalue weighted by Crippen LogP contribution is -2.41. The first-order valence-electron chi connectivity index (χ1n) is 11.9. The Morgan fingerprint density at radius 1 is 1.15 bits per heavy atom. The van der Waals surface area contributed by atoms with Crippen LogP contribution in [0.25, 0.3) is 0 Å². The standard InChI is InChI=1S/C26H32N4O4/c1-26(2)14-19(31)22-20(15-26)34-25-23(21(22)17-4-6-18(32-3)7-5-17)24(27)30(16-28-25)9-8-29-10-12-33-13-11-29/h4-7,16,21,27H,8-15H2,1-3H3/t21-/m0/s1. The maximum atomic E-state index is 13.4. The Morgan fingerprint density at radius 3 is 2.59 bits per heavy atom. The summed E-state index contributed by atoms with van der Waals surface area (Å²) < 4.78 is 18.9. The third-order valence-electron chi connectivity index (χ3n) is 6.97. The van der Waals surface area contributed by atoms with Crippen LogP contribution in [0.2, 0.25) is 0 Å². The van der Waals surface area contributed by atoms with Crippen molar-refractivity contribution in [3.8, 4) is 11.6 Å². The summed E-state index contributed by atoms with van der Waals surface area (Å²) in [6.45, 7) is 8.90. The third kappa shape index (κ3) is 4.28. The summed E-state index contributed by atoms with van der Waals surface area (Å²) in [4.78, 5) is 20.4. The van der Waals surface area contributed by atoms with E-state index in [1.54, 1.807) is 13.4 Å². The lowest BCUT2D eigenvalue weighted by Gasteiger charge is -2.38. The predicted octanol–water partition coefficient (Wildman–Crippen LogP) is 2.87. The van der Waals surface area contributed by atoms with Gasteiger partial charge in [-0.05, 0) is 23.1 Å². The molecule has 1 saturated heterocycles. The lowest BCUT2D eigenvalue weighted by molar-refractivity contribution is -0.118. The van der Waals surface area contributed by atoms with E-state index in [0.29, 0.717) is 47.6 Å². The van der Waals surface area contributed by atoms with Gasteiger partial charge >= 0.3 is 0 Å². The lowest BCUT2D eigenvalue weighted by atomic mass is 9.70. The van der Waals surface area contributed by atoms with Crippen LogP contribution in [0.4, 0.5) is 0 Å². The van der Waals surface area contributed by atoms with Gasteiger partial charge in [0, 0.05) is 50.5 Å². The molecule has 0 unspecified atom stereocenters. The highest BCUT2D eigenvalue weighted by Crippen LogP contribution is 2.48. The minimum atomic E-state index is -0.385. The fourth-order valence-electron chi connectivity index (χ4n) is 5.17. The zero-order valence-electron chi connectivity index (χ0n) is 20.1. The zero-order valence-corrected chi connectivity index (χ0v) is 20.1. The summed E-state index contributed by atoms with van der Waals surface area (Å²) in [5.41, 5.74) is 2.42. The van der Waals surface area contributed by atoms with Crippen molar-refractivity contribution in [2.24, 2.45) is 5.41 Å². The highest BCUT2D eigenvalue weighted by atomic mass is 16.5. The molecule has 1 fully saturated rings.